The minimum atomic E-state index is -0.478. The predicted octanol–water partition coefficient (Wildman–Crippen LogP) is 4.76. The summed E-state index contributed by atoms with van der Waals surface area (Å²) in [5.41, 5.74) is 2.81. The van der Waals surface area contributed by atoms with Gasteiger partial charge in [0.1, 0.15) is 23.8 Å². The molecule has 1 N–H and O–H groups in total. The van der Waals surface area contributed by atoms with Crippen LogP contribution in [0.15, 0.2) is 66.4 Å². The molecule has 0 saturated carbocycles. The van der Waals surface area contributed by atoms with Gasteiger partial charge in [0.15, 0.2) is 10.9 Å². The number of ether oxygens (including phenoxy) is 3. The van der Waals surface area contributed by atoms with E-state index in [-0.39, 0.29) is 34.8 Å². The lowest BCUT2D eigenvalue weighted by Crippen LogP contribution is -2.30. The molecule has 3 aromatic carbocycles. The molecule has 9 nitrogen and oxygen atoms in total. The molecule has 1 saturated heterocycles. The highest BCUT2D eigenvalue weighted by molar-refractivity contribution is 7.80. The Morgan fingerprint density at radius 1 is 1.03 bits per heavy atom. The number of hydrogen-bond donors (Lipinski definition) is 1. The Morgan fingerprint density at radius 3 is 2.47 bits per heavy atom. The first-order valence-electron chi connectivity index (χ1n) is 10.9. The Labute approximate surface area is 213 Å². The number of amides is 1. The minimum Gasteiger partial charge on any atom is -0.496 e. The average Bonchev–Trinajstić information content (AvgIpc) is 3.15. The van der Waals surface area contributed by atoms with Crippen LogP contribution in [-0.4, -0.2) is 30.2 Å². The van der Waals surface area contributed by atoms with Crippen molar-refractivity contribution in [2.24, 2.45) is 0 Å². The van der Waals surface area contributed by atoms with Crippen LogP contribution in [0.3, 0.4) is 0 Å². The van der Waals surface area contributed by atoms with Crippen molar-refractivity contribution >= 4 is 40.7 Å². The van der Waals surface area contributed by atoms with Crippen molar-refractivity contribution in [1.29, 1.82) is 0 Å². The number of para-hydroxylation sites is 2. The first-order valence-corrected chi connectivity index (χ1v) is 11.3. The molecular weight excluding hydrogens is 482 g/mol. The second-order valence-electron chi connectivity index (χ2n) is 7.89. The van der Waals surface area contributed by atoms with Crippen LogP contribution >= 0.6 is 12.2 Å². The van der Waals surface area contributed by atoms with Crippen molar-refractivity contribution in [3.8, 4) is 17.2 Å². The van der Waals surface area contributed by atoms with Crippen molar-refractivity contribution < 1.29 is 23.9 Å². The maximum absolute atomic E-state index is 13.2. The molecule has 0 bridgehead atoms. The van der Waals surface area contributed by atoms with Crippen LogP contribution in [0.4, 0.5) is 11.4 Å². The molecule has 10 heteroatoms. The highest BCUT2D eigenvalue weighted by atomic mass is 32.1. The summed E-state index contributed by atoms with van der Waals surface area (Å²) >= 11 is 5.41. The van der Waals surface area contributed by atoms with E-state index in [1.54, 1.807) is 61.5 Å². The van der Waals surface area contributed by atoms with Crippen LogP contribution in [-0.2, 0) is 11.4 Å². The number of benzene rings is 3. The van der Waals surface area contributed by atoms with E-state index in [2.05, 4.69) is 5.32 Å². The standard InChI is InChI=1S/C26H23N3O6S/c1-16-8-10-24(21(12-16)29(31)32)35-15-18-13-17(9-11-22(18)33-2)14-19-25(30)28(26(36)27-19)20-6-4-5-7-23(20)34-3/h4-14H,15H2,1-3H3,(H,27,36)/b19-14+. The SMILES string of the molecule is COc1ccc(/C=C2/NC(=S)N(c3ccccc3OC)C2=O)cc1COc1ccc(C)cc1[N+](=O)[O-]. The number of methoxy groups -OCH3 is 2. The summed E-state index contributed by atoms with van der Waals surface area (Å²) in [4.78, 5) is 25.5. The summed E-state index contributed by atoms with van der Waals surface area (Å²) < 4.78 is 16.6. The Morgan fingerprint density at radius 2 is 1.75 bits per heavy atom. The Hall–Kier alpha value is -4.44. The lowest BCUT2D eigenvalue weighted by molar-refractivity contribution is -0.386. The fourth-order valence-corrected chi connectivity index (χ4v) is 4.07. The van der Waals surface area contributed by atoms with Gasteiger partial charge in [-0.15, -0.1) is 0 Å². The number of nitrogens with zero attached hydrogens (tertiary/aromatic N) is 2. The molecule has 1 aliphatic heterocycles. The van der Waals surface area contributed by atoms with Crippen molar-refractivity contribution in [1.82, 2.24) is 5.32 Å². The summed E-state index contributed by atoms with van der Waals surface area (Å²) in [6.45, 7) is 1.80. The molecule has 36 heavy (non-hydrogen) atoms. The average molecular weight is 506 g/mol. The molecule has 4 rings (SSSR count). The highest BCUT2D eigenvalue weighted by Gasteiger charge is 2.33. The molecular formula is C26H23N3O6S. The number of nitro benzene ring substituents is 1. The second kappa shape index (κ2) is 10.4. The molecule has 0 aromatic heterocycles. The monoisotopic (exact) mass is 505 g/mol. The molecule has 0 aliphatic carbocycles. The third kappa shape index (κ3) is 4.98. The first-order chi connectivity index (χ1) is 17.3. The molecule has 0 atom stereocenters. The van der Waals surface area contributed by atoms with Crippen molar-refractivity contribution in [2.75, 3.05) is 19.1 Å². The molecule has 0 radical (unpaired) electrons. The van der Waals surface area contributed by atoms with Gasteiger partial charge in [-0.25, -0.2) is 4.90 Å². The number of carbonyl (C=O) groups excluding carboxylic acids is 1. The Kier molecular flexibility index (Phi) is 7.16. The van der Waals surface area contributed by atoms with Crippen LogP contribution in [0.25, 0.3) is 6.08 Å². The highest BCUT2D eigenvalue weighted by Crippen LogP contribution is 2.32. The third-order valence-corrected chi connectivity index (χ3v) is 5.80. The largest absolute Gasteiger partial charge is 0.496 e. The fourth-order valence-electron chi connectivity index (χ4n) is 3.78. The Balaban J connectivity index is 1.60. The number of anilines is 1. The van der Waals surface area contributed by atoms with E-state index in [4.69, 9.17) is 26.4 Å². The summed E-state index contributed by atoms with van der Waals surface area (Å²) in [7, 11) is 3.05. The number of nitro groups is 1. The summed E-state index contributed by atoms with van der Waals surface area (Å²) in [6.07, 6.45) is 1.67. The number of carbonyl (C=O) groups is 1. The maximum atomic E-state index is 13.2. The molecule has 3 aromatic rings. The number of aryl methyl sites for hydroxylation is 1. The summed E-state index contributed by atoms with van der Waals surface area (Å²) in [5.74, 6) is 0.893. The van der Waals surface area contributed by atoms with E-state index in [0.29, 0.717) is 28.3 Å². The summed E-state index contributed by atoms with van der Waals surface area (Å²) in [6, 6.07) is 17.2. The smallest absolute Gasteiger partial charge is 0.311 e. The van der Waals surface area contributed by atoms with Crippen LogP contribution < -0.4 is 24.4 Å². The number of hydrogen-bond acceptors (Lipinski definition) is 7. The van der Waals surface area contributed by atoms with Gasteiger partial charge in [-0.05, 0) is 66.7 Å². The normalized spacial score (nSPS) is 14.1. The fraction of sp³-hybridized carbons (Fsp3) is 0.154. The van der Waals surface area contributed by atoms with Gasteiger partial charge in [-0.1, -0.05) is 24.3 Å². The van der Waals surface area contributed by atoms with Gasteiger partial charge in [0.25, 0.3) is 5.91 Å². The third-order valence-electron chi connectivity index (χ3n) is 5.51. The van der Waals surface area contributed by atoms with Crippen LogP contribution in [0.1, 0.15) is 16.7 Å². The predicted molar refractivity (Wildman–Crippen MR) is 139 cm³/mol. The molecule has 184 valence electrons. The van der Waals surface area contributed by atoms with Gasteiger partial charge in [-0.3, -0.25) is 14.9 Å². The van der Waals surface area contributed by atoms with E-state index >= 15 is 0 Å². The molecule has 1 fully saturated rings. The number of nitrogens with one attached hydrogen (secondary N) is 1. The van der Waals surface area contributed by atoms with Gasteiger partial charge in [0.05, 0.1) is 24.8 Å². The number of thiocarbonyl (C=S) groups is 1. The number of rotatable bonds is 8. The van der Waals surface area contributed by atoms with Crippen LogP contribution in [0.5, 0.6) is 17.2 Å². The molecule has 0 unspecified atom stereocenters. The molecule has 1 amide bonds. The van der Waals surface area contributed by atoms with Gasteiger partial charge in [0.2, 0.25) is 0 Å². The van der Waals surface area contributed by atoms with Crippen molar-refractivity contribution in [3.63, 3.8) is 0 Å². The zero-order chi connectivity index (χ0) is 25.8. The lowest BCUT2D eigenvalue weighted by atomic mass is 10.1. The maximum Gasteiger partial charge on any atom is 0.311 e. The Bertz CT molecular complexity index is 1390. The topological polar surface area (TPSA) is 103 Å². The second-order valence-corrected chi connectivity index (χ2v) is 8.28. The van der Waals surface area contributed by atoms with Crippen LogP contribution in [0, 0.1) is 17.0 Å². The van der Waals surface area contributed by atoms with Crippen molar-refractivity contribution in [3.05, 3.63) is 93.2 Å². The quantitative estimate of drug-likeness (QED) is 0.202. The first kappa shape index (κ1) is 24.7. The minimum absolute atomic E-state index is 0.0250. The van der Waals surface area contributed by atoms with Gasteiger partial charge in [-0.2, -0.15) is 0 Å². The zero-order valence-corrected chi connectivity index (χ0v) is 20.6. The zero-order valence-electron chi connectivity index (χ0n) is 19.8. The van der Waals surface area contributed by atoms with E-state index in [0.717, 1.165) is 5.56 Å². The molecule has 1 aliphatic rings. The summed E-state index contributed by atoms with van der Waals surface area (Å²) in [5, 5.41) is 14.6. The van der Waals surface area contributed by atoms with E-state index in [1.165, 1.54) is 25.2 Å². The van der Waals surface area contributed by atoms with Gasteiger partial charge in [0, 0.05) is 11.6 Å². The van der Waals surface area contributed by atoms with Crippen molar-refractivity contribution in [2.45, 2.75) is 13.5 Å². The van der Waals surface area contributed by atoms with E-state index in [1.807, 2.05) is 6.07 Å². The molecule has 1 heterocycles. The van der Waals surface area contributed by atoms with Gasteiger partial charge >= 0.3 is 5.69 Å². The van der Waals surface area contributed by atoms with Gasteiger partial charge < -0.3 is 19.5 Å². The lowest BCUT2D eigenvalue weighted by Gasteiger charge is -2.17. The van der Waals surface area contributed by atoms with Crippen LogP contribution in [0.2, 0.25) is 0 Å². The molecule has 0 spiro atoms. The van der Waals surface area contributed by atoms with E-state index < -0.39 is 4.92 Å². The van der Waals surface area contributed by atoms with E-state index in [9.17, 15) is 14.9 Å².